The first kappa shape index (κ1) is 19.0. The number of anilines is 1. The summed E-state index contributed by atoms with van der Waals surface area (Å²) in [5.41, 5.74) is 4.55. The van der Waals surface area contributed by atoms with Crippen LogP contribution in [0.3, 0.4) is 0 Å². The molecular formula is C21H18ClN3OS. The predicted octanol–water partition coefficient (Wildman–Crippen LogP) is 4.76. The Labute approximate surface area is 168 Å². The molecule has 0 saturated carbocycles. The highest BCUT2D eigenvalue weighted by Gasteiger charge is 2.12. The van der Waals surface area contributed by atoms with Crippen LogP contribution in [0, 0.1) is 6.92 Å². The second-order valence-corrected chi connectivity index (χ2v) is 6.94. The molecule has 0 atom stereocenters. The second kappa shape index (κ2) is 8.75. The van der Waals surface area contributed by atoms with Crippen LogP contribution in [0.2, 0.25) is 5.02 Å². The molecular weight excluding hydrogens is 378 g/mol. The largest absolute Gasteiger partial charge is 0.332 e. The van der Waals surface area contributed by atoms with E-state index >= 15 is 0 Å². The van der Waals surface area contributed by atoms with Crippen molar-refractivity contribution in [3.05, 3.63) is 94.3 Å². The number of aromatic nitrogens is 1. The molecule has 0 bridgehead atoms. The number of nitrogens with one attached hydrogen (secondary N) is 2. The molecule has 1 amide bonds. The van der Waals surface area contributed by atoms with Gasteiger partial charge in [-0.3, -0.25) is 15.1 Å². The Morgan fingerprint density at radius 2 is 1.70 bits per heavy atom. The lowest BCUT2D eigenvalue weighted by Crippen LogP contribution is -2.34. The van der Waals surface area contributed by atoms with Gasteiger partial charge in [0.05, 0.1) is 10.6 Å². The summed E-state index contributed by atoms with van der Waals surface area (Å²) in [6.45, 7) is 1.91. The molecule has 27 heavy (non-hydrogen) atoms. The minimum Gasteiger partial charge on any atom is -0.332 e. The van der Waals surface area contributed by atoms with E-state index in [0.717, 1.165) is 17.7 Å². The van der Waals surface area contributed by atoms with Crippen LogP contribution in [0.1, 0.15) is 27.0 Å². The van der Waals surface area contributed by atoms with Crippen molar-refractivity contribution in [2.45, 2.75) is 13.3 Å². The standard InChI is InChI=1S/C21H18ClN3OS/c1-14-2-7-18(19(22)12-14)20(26)25-21(27)24-17-5-3-15(4-6-17)13-16-8-10-23-11-9-16/h2-12H,13H2,1H3,(H2,24,25,26,27). The third-order valence-corrected chi connectivity index (χ3v) is 4.48. The SMILES string of the molecule is Cc1ccc(C(=O)NC(=S)Nc2ccc(Cc3ccncc3)cc2)c(Cl)c1. The minimum absolute atomic E-state index is 0.221. The Kier molecular flexibility index (Phi) is 6.16. The number of nitrogens with zero attached hydrogens (tertiary/aromatic N) is 1. The van der Waals surface area contributed by atoms with Crippen molar-refractivity contribution in [3.63, 3.8) is 0 Å². The molecule has 3 aromatic rings. The lowest BCUT2D eigenvalue weighted by molar-refractivity contribution is 0.0978. The number of halogens is 1. The lowest BCUT2D eigenvalue weighted by atomic mass is 10.1. The second-order valence-electron chi connectivity index (χ2n) is 6.12. The van der Waals surface area contributed by atoms with Crippen LogP contribution in [-0.4, -0.2) is 16.0 Å². The number of rotatable bonds is 4. The van der Waals surface area contributed by atoms with Gasteiger partial charge in [0.15, 0.2) is 5.11 Å². The Morgan fingerprint density at radius 3 is 2.37 bits per heavy atom. The molecule has 136 valence electrons. The van der Waals surface area contributed by atoms with E-state index in [2.05, 4.69) is 15.6 Å². The summed E-state index contributed by atoms with van der Waals surface area (Å²) in [7, 11) is 0. The van der Waals surface area contributed by atoms with E-state index in [1.165, 1.54) is 11.1 Å². The van der Waals surface area contributed by atoms with Crippen LogP contribution in [0.5, 0.6) is 0 Å². The Bertz CT molecular complexity index is 959. The summed E-state index contributed by atoms with van der Waals surface area (Å²) in [5, 5.41) is 6.28. The third-order valence-electron chi connectivity index (χ3n) is 3.97. The zero-order chi connectivity index (χ0) is 19.2. The van der Waals surface area contributed by atoms with Gasteiger partial charge in [0.25, 0.3) is 5.91 Å². The number of hydrogen-bond acceptors (Lipinski definition) is 3. The van der Waals surface area contributed by atoms with Crippen molar-refractivity contribution < 1.29 is 4.79 Å². The highest BCUT2D eigenvalue weighted by atomic mass is 35.5. The Hall–Kier alpha value is -2.76. The highest BCUT2D eigenvalue weighted by Crippen LogP contribution is 2.18. The molecule has 0 unspecified atom stereocenters. The number of thiocarbonyl (C=S) groups is 1. The first-order chi connectivity index (χ1) is 13.0. The van der Waals surface area contributed by atoms with Crippen LogP contribution < -0.4 is 10.6 Å². The molecule has 0 aliphatic rings. The van der Waals surface area contributed by atoms with E-state index in [-0.39, 0.29) is 11.0 Å². The molecule has 3 rings (SSSR count). The molecule has 0 fully saturated rings. The molecule has 0 radical (unpaired) electrons. The van der Waals surface area contributed by atoms with Crippen LogP contribution in [0.4, 0.5) is 5.69 Å². The maximum absolute atomic E-state index is 12.3. The molecule has 1 aromatic heterocycles. The van der Waals surface area contributed by atoms with Gasteiger partial charge in [-0.05, 0) is 78.7 Å². The molecule has 4 nitrogen and oxygen atoms in total. The number of benzene rings is 2. The monoisotopic (exact) mass is 395 g/mol. The number of amides is 1. The van der Waals surface area contributed by atoms with Crippen molar-refractivity contribution in [3.8, 4) is 0 Å². The number of pyridine rings is 1. The maximum atomic E-state index is 12.3. The topological polar surface area (TPSA) is 54.0 Å². The van der Waals surface area contributed by atoms with Crippen LogP contribution in [0.15, 0.2) is 67.0 Å². The van der Waals surface area contributed by atoms with Gasteiger partial charge in [-0.25, -0.2) is 0 Å². The summed E-state index contributed by atoms with van der Waals surface area (Å²) < 4.78 is 0. The van der Waals surface area contributed by atoms with Crippen molar-refractivity contribution in [1.29, 1.82) is 0 Å². The summed E-state index contributed by atoms with van der Waals surface area (Å²) in [4.78, 5) is 16.3. The van der Waals surface area contributed by atoms with Crippen molar-refractivity contribution in [2.75, 3.05) is 5.32 Å². The molecule has 0 aliphatic carbocycles. The van der Waals surface area contributed by atoms with E-state index in [4.69, 9.17) is 23.8 Å². The fourth-order valence-corrected chi connectivity index (χ4v) is 3.11. The predicted molar refractivity (Wildman–Crippen MR) is 113 cm³/mol. The Balaban J connectivity index is 1.58. The molecule has 0 saturated heterocycles. The van der Waals surface area contributed by atoms with Gasteiger partial charge in [0.2, 0.25) is 0 Å². The van der Waals surface area contributed by atoms with Crippen LogP contribution >= 0.6 is 23.8 Å². The number of aryl methyl sites for hydroxylation is 1. The molecule has 6 heteroatoms. The van der Waals surface area contributed by atoms with Crippen molar-refractivity contribution in [2.24, 2.45) is 0 Å². The van der Waals surface area contributed by atoms with Gasteiger partial charge in [-0.2, -0.15) is 0 Å². The van der Waals surface area contributed by atoms with Crippen molar-refractivity contribution >= 4 is 40.5 Å². The maximum Gasteiger partial charge on any atom is 0.258 e. The highest BCUT2D eigenvalue weighted by molar-refractivity contribution is 7.80. The first-order valence-electron chi connectivity index (χ1n) is 8.37. The third kappa shape index (κ3) is 5.36. The van der Waals surface area contributed by atoms with Gasteiger partial charge < -0.3 is 5.32 Å². The molecule has 2 N–H and O–H groups in total. The molecule has 0 spiro atoms. The Morgan fingerprint density at radius 1 is 1.04 bits per heavy atom. The summed E-state index contributed by atoms with van der Waals surface area (Å²) in [6, 6.07) is 17.1. The molecule has 2 aromatic carbocycles. The molecule has 0 aliphatic heterocycles. The van der Waals surface area contributed by atoms with Gasteiger partial charge in [-0.15, -0.1) is 0 Å². The summed E-state index contributed by atoms with van der Waals surface area (Å²) in [6.07, 6.45) is 4.40. The van der Waals surface area contributed by atoms with Crippen LogP contribution in [-0.2, 0) is 6.42 Å². The summed E-state index contributed by atoms with van der Waals surface area (Å²) >= 11 is 11.3. The lowest BCUT2D eigenvalue weighted by Gasteiger charge is -2.11. The summed E-state index contributed by atoms with van der Waals surface area (Å²) in [5.74, 6) is -0.341. The minimum atomic E-state index is -0.341. The average Bonchev–Trinajstić information content (AvgIpc) is 2.64. The van der Waals surface area contributed by atoms with Gasteiger partial charge in [-0.1, -0.05) is 29.8 Å². The zero-order valence-corrected chi connectivity index (χ0v) is 16.3. The quantitative estimate of drug-likeness (QED) is 0.625. The van der Waals surface area contributed by atoms with E-state index in [9.17, 15) is 4.79 Å². The smallest absolute Gasteiger partial charge is 0.258 e. The van der Waals surface area contributed by atoms with Crippen LogP contribution in [0.25, 0.3) is 0 Å². The van der Waals surface area contributed by atoms with E-state index in [0.29, 0.717) is 10.6 Å². The molecule has 1 heterocycles. The average molecular weight is 396 g/mol. The van der Waals surface area contributed by atoms with E-state index in [1.54, 1.807) is 24.5 Å². The zero-order valence-electron chi connectivity index (χ0n) is 14.7. The van der Waals surface area contributed by atoms with Gasteiger partial charge in [0.1, 0.15) is 0 Å². The normalized spacial score (nSPS) is 10.3. The van der Waals surface area contributed by atoms with Gasteiger partial charge >= 0.3 is 0 Å². The number of carbonyl (C=O) groups excluding carboxylic acids is 1. The number of carbonyl (C=O) groups is 1. The fraction of sp³-hybridized carbons (Fsp3) is 0.0952. The van der Waals surface area contributed by atoms with Crippen molar-refractivity contribution in [1.82, 2.24) is 10.3 Å². The van der Waals surface area contributed by atoms with E-state index in [1.807, 2.05) is 49.4 Å². The number of hydrogen-bond donors (Lipinski definition) is 2. The van der Waals surface area contributed by atoms with E-state index < -0.39 is 0 Å². The van der Waals surface area contributed by atoms with Gasteiger partial charge in [0, 0.05) is 18.1 Å². The first-order valence-corrected chi connectivity index (χ1v) is 9.16. The fourth-order valence-electron chi connectivity index (χ4n) is 2.58.